The van der Waals surface area contributed by atoms with Crippen LogP contribution in [-0.4, -0.2) is 55.7 Å². The Morgan fingerprint density at radius 1 is 0.947 bits per heavy atom. The van der Waals surface area contributed by atoms with Crippen LogP contribution in [0.25, 0.3) is 0 Å². The van der Waals surface area contributed by atoms with Gasteiger partial charge in [-0.1, -0.05) is 20.8 Å². The molecule has 0 bridgehead atoms. The van der Waals surface area contributed by atoms with Crippen LogP contribution in [0.3, 0.4) is 0 Å². The summed E-state index contributed by atoms with van der Waals surface area (Å²) in [5.74, 6) is 0.985. The highest BCUT2D eigenvalue weighted by Gasteiger charge is 2.22. The Hall–Kier alpha value is -0.120. The normalized spacial score (nSPS) is 24.8. The first-order chi connectivity index (χ1) is 9.03. The molecule has 2 rings (SSSR count). The topological polar surface area (TPSA) is 18.5 Å². The predicted octanol–water partition coefficient (Wildman–Crippen LogP) is 2.39. The van der Waals surface area contributed by atoms with Gasteiger partial charge in [-0.2, -0.15) is 0 Å². The van der Waals surface area contributed by atoms with Crippen molar-refractivity contribution in [1.29, 1.82) is 0 Å². The summed E-state index contributed by atoms with van der Waals surface area (Å²) in [6.45, 7) is 15.7. The summed E-state index contributed by atoms with van der Waals surface area (Å²) in [5.41, 5.74) is 0.512. The molecule has 0 unspecified atom stereocenters. The van der Waals surface area contributed by atoms with Crippen molar-refractivity contribution in [3.05, 3.63) is 0 Å². The average Bonchev–Trinajstić information content (AvgIpc) is 2.38. The Bertz CT molecular complexity index is 245. The zero-order valence-corrected chi connectivity index (χ0v) is 13.2. The lowest BCUT2D eigenvalue weighted by Crippen LogP contribution is -2.49. The molecule has 0 radical (unpaired) electrons. The van der Waals surface area contributed by atoms with Gasteiger partial charge in [0.15, 0.2) is 0 Å². The third kappa shape index (κ3) is 5.80. The Balaban J connectivity index is 1.62. The van der Waals surface area contributed by atoms with Crippen molar-refractivity contribution in [2.45, 2.75) is 46.5 Å². The lowest BCUT2D eigenvalue weighted by Gasteiger charge is -2.37. The van der Waals surface area contributed by atoms with Crippen LogP contribution in [0.4, 0.5) is 0 Å². The molecule has 3 heteroatoms. The zero-order valence-electron chi connectivity index (χ0n) is 13.2. The standard InChI is InChI=1S/C16H33N3/c1-16(2,3)7-4-15-5-10-18(11-6-15)14-19-12-8-17-9-13-19/h15,17H,4-14H2,1-3H3. The highest BCUT2D eigenvalue weighted by Crippen LogP contribution is 2.28. The molecule has 0 aromatic rings. The number of nitrogens with one attached hydrogen (secondary N) is 1. The van der Waals surface area contributed by atoms with E-state index < -0.39 is 0 Å². The van der Waals surface area contributed by atoms with Gasteiger partial charge in [0.2, 0.25) is 0 Å². The van der Waals surface area contributed by atoms with Crippen LogP contribution in [-0.2, 0) is 0 Å². The van der Waals surface area contributed by atoms with E-state index in [1.807, 2.05) is 0 Å². The van der Waals surface area contributed by atoms with E-state index >= 15 is 0 Å². The molecule has 0 atom stereocenters. The minimum atomic E-state index is 0.512. The lowest BCUT2D eigenvalue weighted by atomic mass is 9.83. The van der Waals surface area contributed by atoms with Crippen molar-refractivity contribution in [3.8, 4) is 0 Å². The average molecular weight is 267 g/mol. The molecule has 0 aromatic heterocycles. The molecular formula is C16H33N3. The van der Waals surface area contributed by atoms with Crippen LogP contribution in [0, 0.1) is 11.3 Å². The third-order valence-corrected chi connectivity index (χ3v) is 4.62. The smallest absolute Gasteiger partial charge is 0.0507 e. The zero-order chi connectivity index (χ0) is 13.7. The van der Waals surface area contributed by atoms with Crippen molar-refractivity contribution >= 4 is 0 Å². The second-order valence-electron chi connectivity index (χ2n) is 7.67. The van der Waals surface area contributed by atoms with E-state index in [1.165, 1.54) is 71.6 Å². The van der Waals surface area contributed by atoms with Gasteiger partial charge in [0.25, 0.3) is 0 Å². The second-order valence-corrected chi connectivity index (χ2v) is 7.67. The van der Waals surface area contributed by atoms with Crippen molar-refractivity contribution in [3.63, 3.8) is 0 Å². The summed E-state index contributed by atoms with van der Waals surface area (Å²) in [5, 5.41) is 3.43. The van der Waals surface area contributed by atoms with Gasteiger partial charge < -0.3 is 5.32 Å². The minimum absolute atomic E-state index is 0.512. The van der Waals surface area contributed by atoms with Crippen LogP contribution in [0.2, 0.25) is 0 Å². The van der Waals surface area contributed by atoms with E-state index in [2.05, 4.69) is 35.9 Å². The number of likely N-dealkylation sites (tertiary alicyclic amines) is 1. The molecule has 3 nitrogen and oxygen atoms in total. The first-order valence-corrected chi connectivity index (χ1v) is 8.18. The molecule has 19 heavy (non-hydrogen) atoms. The van der Waals surface area contributed by atoms with E-state index in [0.29, 0.717) is 5.41 Å². The quantitative estimate of drug-likeness (QED) is 0.844. The first kappa shape index (κ1) is 15.3. The summed E-state index contributed by atoms with van der Waals surface area (Å²) in [4.78, 5) is 5.27. The fraction of sp³-hybridized carbons (Fsp3) is 1.00. The fourth-order valence-corrected chi connectivity index (χ4v) is 3.19. The summed E-state index contributed by atoms with van der Waals surface area (Å²) in [7, 11) is 0. The van der Waals surface area contributed by atoms with E-state index in [0.717, 1.165) is 5.92 Å². The van der Waals surface area contributed by atoms with Gasteiger partial charge in [0.1, 0.15) is 0 Å². The SMILES string of the molecule is CC(C)(C)CCC1CCN(CN2CCNCC2)CC1. The molecule has 2 aliphatic heterocycles. The maximum atomic E-state index is 3.43. The number of hydrogen-bond acceptors (Lipinski definition) is 3. The van der Waals surface area contributed by atoms with Crippen LogP contribution in [0.1, 0.15) is 46.5 Å². The maximum Gasteiger partial charge on any atom is 0.0507 e. The molecule has 0 amide bonds. The molecule has 2 saturated heterocycles. The molecule has 2 fully saturated rings. The third-order valence-electron chi connectivity index (χ3n) is 4.62. The molecule has 1 N–H and O–H groups in total. The van der Waals surface area contributed by atoms with Crippen molar-refractivity contribution in [2.75, 3.05) is 45.9 Å². The van der Waals surface area contributed by atoms with Crippen LogP contribution in [0.15, 0.2) is 0 Å². The molecule has 0 aromatic carbocycles. The molecule has 2 heterocycles. The number of piperidine rings is 1. The minimum Gasteiger partial charge on any atom is -0.314 e. The number of rotatable bonds is 4. The summed E-state index contributed by atoms with van der Waals surface area (Å²) < 4.78 is 0. The molecule has 0 saturated carbocycles. The number of hydrogen-bond donors (Lipinski definition) is 1. The van der Waals surface area contributed by atoms with Crippen molar-refractivity contribution in [2.24, 2.45) is 11.3 Å². The maximum absolute atomic E-state index is 3.43. The van der Waals surface area contributed by atoms with Gasteiger partial charge in [-0.05, 0) is 50.1 Å². The molecule has 0 aliphatic carbocycles. The molecule has 2 aliphatic rings. The molecular weight excluding hydrogens is 234 g/mol. The van der Waals surface area contributed by atoms with Crippen molar-refractivity contribution < 1.29 is 0 Å². The van der Waals surface area contributed by atoms with Gasteiger partial charge in [0.05, 0.1) is 6.67 Å². The highest BCUT2D eigenvalue weighted by molar-refractivity contribution is 4.76. The lowest BCUT2D eigenvalue weighted by molar-refractivity contribution is 0.0834. The van der Waals surface area contributed by atoms with Gasteiger partial charge >= 0.3 is 0 Å². The van der Waals surface area contributed by atoms with Gasteiger partial charge in [-0.15, -0.1) is 0 Å². The number of nitrogens with zero attached hydrogens (tertiary/aromatic N) is 2. The Labute approximate surface area is 119 Å². The Morgan fingerprint density at radius 2 is 1.53 bits per heavy atom. The Kier molecular flexibility index (Phi) is 5.67. The van der Waals surface area contributed by atoms with Gasteiger partial charge in [0, 0.05) is 26.2 Å². The second kappa shape index (κ2) is 7.05. The summed E-state index contributed by atoms with van der Waals surface area (Å²) in [6, 6.07) is 0. The first-order valence-electron chi connectivity index (χ1n) is 8.18. The molecule has 0 spiro atoms. The van der Waals surface area contributed by atoms with E-state index in [4.69, 9.17) is 0 Å². The van der Waals surface area contributed by atoms with Crippen LogP contribution < -0.4 is 5.32 Å². The van der Waals surface area contributed by atoms with Gasteiger partial charge in [-0.25, -0.2) is 0 Å². The van der Waals surface area contributed by atoms with E-state index in [1.54, 1.807) is 0 Å². The van der Waals surface area contributed by atoms with Crippen LogP contribution >= 0.6 is 0 Å². The monoisotopic (exact) mass is 267 g/mol. The Morgan fingerprint density at radius 3 is 2.11 bits per heavy atom. The number of piperazine rings is 1. The summed E-state index contributed by atoms with van der Waals surface area (Å²) >= 11 is 0. The van der Waals surface area contributed by atoms with Gasteiger partial charge in [-0.3, -0.25) is 9.80 Å². The predicted molar refractivity (Wildman–Crippen MR) is 82.3 cm³/mol. The van der Waals surface area contributed by atoms with Crippen molar-refractivity contribution in [1.82, 2.24) is 15.1 Å². The largest absolute Gasteiger partial charge is 0.314 e. The van der Waals surface area contributed by atoms with Crippen LogP contribution in [0.5, 0.6) is 0 Å². The highest BCUT2D eigenvalue weighted by atomic mass is 15.3. The van der Waals surface area contributed by atoms with E-state index in [9.17, 15) is 0 Å². The summed E-state index contributed by atoms with van der Waals surface area (Å²) in [6.07, 6.45) is 5.66. The fourth-order valence-electron chi connectivity index (χ4n) is 3.19. The van der Waals surface area contributed by atoms with E-state index in [-0.39, 0.29) is 0 Å². The molecule has 112 valence electrons.